The van der Waals surface area contributed by atoms with E-state index in [1.165, 1.54) is 17.0 Å². The maximum Gasteiger partial charge on any atom is 0.329 e. The molecule has 1 N–H and O–H groups in total. The van der Waals surface area contributed by atoms with Crippen molar-refractivity contribution in [1.29, 1.82) is 0 Å². The largest absolute Gasteiger partial charge is 0.353 e. The zero-order chi connectivity index (χ0) is 23.2. The zero-order valence-electron chi connectivity index (χ0n) is 18.6. The number of carbonyl (C=O) groups is 3. The standard InChI is InChI=1S/C23H26FN5O3/c1-14-11-15(2)19(25-13-14)27-7-9-28(10-8-27)20(30)17-6-5-16(12-18(17)24)29-22(32)26-21(31)23(29,3)4/h5-6,11-13H,7-10H2,1-4H3,(H,26,31,32). The number of urea groups is 1. The van der Waals surface area contributed by atoms with E-state index in [0.717, 1.165) is 23.0 Å². The molecule has 0 radical (unpaired) electrons. The number of nitrogens with zero attached hydrogens (tertiary/aromatic N) is 4. The lowest BCUT2D eigenvalue weighted by Gasteiger charge is -2.36. The Bertz CT molecular complexity index is 1110. The molecule has 168 valence electrons. The van der Waals surface area contributed by atoms with E-state index in [1.807, 2.05) is 20.0 Å². The Morgan fingerprint density at radius 2 is 1.78 bits per heavy atom. The molecular weight excluding hydrogens is 413 g/mol. The van der Waals surface area contributed by atoms with E-state index in [4.69, 9.17) is 0 Å². The molecule has 4 amide bonds. The highest BCUT2D eigenvalue weighted by atomic mass is 19.1. The molecule has 0 aliphatic carbocycles. The van der Waals surface area contributed by atoms with Gasteiger partial charge in [-0.3, -0.25) is 19.8 Å². The first-order chi connectivity index (χ1) is 15.1. The summed E-state index contributed by atoms with van der Waals surface area (Å²) in [6.07, 6.45) is 1.83. The number of hydrogen-bond acceptors (Lipinski definition) is 5. The van der Waals surface area contributed by atoms with Gasteiger partial charge in [0.05, 0.1) is 5.56 Å². The van der Waals surface area contributed by atoms with Crippen LogP contribution in [0.25, 0.3) is 0 Å². The molecule has 2 aliphatic rings. The van der Waals surface area contributed by atoms with Crippen molar-refractivity contribution in [2.24, 2.45) is 0 Å². The fourth-order valence-corrected chi connectivity index (χ4v) is 4.25. The van der Waals surface area contributed by atoms with Crippen molar-refractivity contribution in [3.05, 3.63) is 53.0 Å². The van der Waals surface area contributed by atoms with Crippen molar-refractivity contribution in [2.45, 2.75) is 33.2 Å². The molecule has 2 aliphatic heterocycles. The maximum absolute atomic E-state index is 14.9. The van der Waals surface area contributed by atoms with Crippen LogP contribution in [0.3, 0.4) is 0 Å². The van der Waals surface area contributed by atoms with Crippen molar-refractivity contribution in [1.82, 2.24) is 15.2 Å². The van der Waals surface area contributed by atoms with Gasteiger partial charge in [-0.1, -0.05) is 6.07 Å². The predicted octanol–water partition coefficient (Wildman–Crippen LogP) is 2.63. The first-order valence-corrected chi connectivity index (χ1v) is 10.5. The van der Waals surface area contributed by atoms with Gasteiger partial charge in [0.1, 0.15) is 17.2 Å². The minimum Gasteiger partial charge on any atom is -0.353 e. The molecule has 2 saturated heterocycles. The molecule has 4 rings (SSSR count). The number of benzene rings is 1. The summed E-state index contributed by atoms with van der Waals surface area (Å²) in [5.74, 6) is -0.684. The van der Waals surface area contributed by atoms with Crippen LogP contribution in [0.15, 0.2) is 30.5 Å². The predicted molar refractivity (Wildman–Crippen MR) is 118 cm³/mol. The highest BCUT2D eigenvalue weighted by molar-refractivity contribution is 6.16. The molecule has 3 heterocycles. The Morgan fingerprint density at radius 3 is 2.34 bits per heavy atom. The molecule has 0 spiro atoms. The molecule has 2 fully saturated rings. The smallest absolute Gasteiger partial charge is 0.329 e. The highest BCUT2D eigenvalue weighted by Gasteiger charge is 2.46. The molecule has 0 atom stereocenters. The third-order valence-corrected chi connectivity index (χ3v) is 6.03. The van der Waals surface area contributed by atoms with Gasteiger partial charge in [-0.15, -0.1) is 0 Å². The normalized spacial score (nSPS) is 18.2. The molecule has 1 aromatic carbocycles. The zero-order valence-corrected chi connectivity index (χ0v) is 18.6. The van der Waals surface area contributed by atoms with E-state index in [1.54, 1.807) is 18.7 Å². The van der Waals surface area contributed by atoms with Crippen molar-refractivity contribution in [3.63, 3.8) is 0 Å². The number of halogens is 1. The monoisotopic (exact) mass is 439 g/mol. The van der Waals surface area contributed by atoms with Crippen LogP contribution < -0.4 is 15.1 Å². The second-order valence-corrected chi connectivity index (χ2v) is 8.75. The van der Waals surface area contributed by atoms with Crippen molar-refractivity contribution >= 4 is 29.4 Å². The van der Waals surface area contributed by atoms with Crippen molar-refractivity contribution < 1.29 is 18.8 Å². The minimum absolute atomic E-state index is 0.0596. The number of anilines is 2. The average molecular weight is 439 g/mol. The van der Waals surface area contributed by atoms with Crippen LogP contribution >= 0.6 is 0 Å². The highest BCUT2D eigenvalue weighted by Crippen LogP contribution is 2.30. The first kappa shape index (κ1) is 21.7. The Hall–Kier alpha value is -3.49. The molecule has 9 heteroatoms. The molecule has 1 aromatic heterocycles. The number of rotatable bonds is 3. The van der Waals surface area contributed by atoms with Crippen molar-refractivity contribution in [2.75, 3.05) is 36.0 Å². The van der Waals surface area contributed by atoms with Crippen LogP contribution in [0.2, 0.25) is 0 Å². The summed E-state index contributed by atoms with van der Waals surface area (Å²) in [7, 11) is 0. The number of carbonyl (C=O) groups excluding carboxylic acids is 3. The molecular formula is C23H26FN5O3. The van der Waals surface area contributed by atoms with E-state index in [2.05, 4.69) is 21.3 Å². The summed E-state index contributed by atoms with van der Waals surface area (Å²) in [6.45, 7) is 9.27. The first-order valence-electron chi connectivity index (χ1n) is 10.5. The number of piperazine rings is 1. The van der Waals surface area contributed by atoms with Gasteiger partial charge >= 0.3 is 6.03 Å². The Kier molecular flexibility index (Phi) is 5.36. The fourth-order valence-electron chi connectivity index (χ4n) is 4.25. The maximum atomic E-state index is 14.9. The van der Waals surface area contributed by atoms with Crippen LogP contribution in [0, 0.1) is 19.7 Å². The summed E-state index contributed by atoms with van der Waals surface area (Å²) in [6, 6.07) is 5.45. The second-order valence-electron chi connectivity index (χ2n) is 8.75. The fraction of sp³-hybridized carbons (Fsp3) is 0.391. The second kappa shape index (κ2) is 7.89. The van der Waals surface area contributed by atoms with Gasteiger partial charge in [0.15, 0.2) is 0 Å². The van der Waals surface area contributed by atoms with Gasteiger partial charge in [0.25, 0.3) is 11.8 Å². The van der Waals surface area contributed by atoms with Crippen LogP contribution in [-0.2, 0) is 4.79 Å². The number of pyridine rings is 1. The lowest BCUT2D eigenvalue weighted by atomic mass is 10.0. The summed E-state index contributed by atoms with van der Waals surface area (Å²) >= 11 is 0. The lowest BCUT2D eigenvalue weighted by Crippen LogP contribution is -2.49. The third-order valence-electron chi connectivity index (χ3n) is 6.03. The summed E-state index contributed by atoms with van der Waals surface area (Å²) in [5.41, 5.74) is 1.19. The minimum atomic E-state index is -1.15. The Balaban J connectivity index is 1.48. The molecule has 0 saturated carbocycles. The summed E-state index contributed by atoms with van der Waals surface area (Å²) in [4.78, 5) is 46.6. The quantitative estimate of drug-likeness (QED) is 0.744. The van der Waals surface area contributed by atoms with E-state index in [-0.39, 0.29) is 11.3 Å². The van der Waals surface area contributed by atoms with Crippen LogP contribution in [0.5, 0.6) is 0 Å². The Labute approximate surface area is 186 Å². The van der Waals surface area contributed by atoms with E-state index in [0.29, 0.717) is 26.2 Å². The summed E-state index contributed by atoms with van der Waals surface area (Å²) in [5, 5.41) is 2.23. The van der Waals surface area contributed by atoms with Gasteiger partial charge in [-0.05, 0) is 57.0 Å². The summed E-state index contributed by atoms with van der Waals surface area (Å²) < 4.78 is 14.9. The average Bonchev–Trinajstić information content (AvgIpc) is 2.94. The van der Waals surface area contributed by atoms with E-state index in [9.17, 15) is 18.8 Å². The van der Waals surface area contributed by atoms with Crippen LogP contribution in [0.1, 0.15) is 35.3 Å². The van der Waals surface area contributed by atoms with Gasteiger partial charge in [-0.25, -0.2) is 14.2 Å². The number of aryl methyl sites for hydroxylation is 2. The third kappa shape index (κ3) is 3.68. The van der Waals surface area contributed by atoms with Crippen molar-refractivity contribution in [3.8, 4) is 0 Å². The van der Waals surface area contributed by atoms with Crippen LogP contribution in [0.4, 0.5) is 20.7 Å². The van der Waals surface area contributed by atoms with Gasteiger partial charge < -0.3 is 9.80 Å². The lowest BCUT2D eigenvalue weighted by molar-refractivity contribution is -0.122. The Morgan fingerprint density at radius 1 is 1.09 bits per heavy atom. The van der Waals surface area contributed by atoms with E-state index < -0.39 is 29.2 Å². The van der Waals surface area contributed by atoms with Crippen LogP contribution in [-0.4, -0.2) is 59.4 Å². The molecule has 32 heavy (non-hydrogen) atoms. The molecule has 0 bridgehead atoms. The SMILES string of the molecule is Cc1cnc(N2CCN(C(=O)c3ccc(N4C(=O)NC(=O)C4(C)C)cc3F)CC2)c(C)c1. The molecule has 2 aromatic rings. The number of aromatic nitrogens is 1. The molecule has 0 unspecified atom stereocenters. The number of hydrogen-bond donors (Lipinski definition) is 1. The molecule has 8 nitrogen and oxygen atoms in total. The number of amides is 4. The van der Waals surface area contributed by atoms with Gasteiger partial charge in [0, 0.05) is 38.1 Å². The number of nitrogens with one attached hydrogen (secondary N) is 1. The van der Waals surface area contributed by atoms with E-state index >= 15 is 0 Å². The topological polar surface area (TPSA) is 85.8 Å². The van der Waals surface area contributed by atoms with Gasteiger partial charge in [0.2, 0.25) is 0 Å². The van der Waals surface area contributed by atoms with Gasteiger partial charge in [-0.2, -0.15) is 0 Å². The number of imide groups is 1.